The fraction of sp³-hybridized carbons (Fsp3) is 0.438. The van der Waals surface area contributed by atoms with Crippen molar-refractivity contribution >= 4 is 21.9 Å². The summed E-state index contributed by atoms with van der Waals surface area (Å²) in [5, 5.41) is 0.860. The van der Waals surface area contributed by atoms with Crippen molar-refractivity contribution in [3.63, 3.8) is 0 Å². The number of hydrogen-bond donors (Lipinski definition) is 0. The minimum absolute atomic E-state index is 0.404. The zero-order valence-electron chi connectivity index (χ0n) is 12.1. The number of carbonyl (C=O) groups excluding carboxylic acids is 1. The quantitative estimate of drug-likeness (QED) is 0.295. The summed E-state index contributed by atoms with van der Waals surface area (Å²) in [5.74, 6) is 3.29. The normalized spacial score (nSPS) is 9.76. The van der Waals surface area contributed by atoms with Gasteiger partial charge in [0, 0.05) is 17.8 Å². The molecule has 1 aromatic carbocycles. The van der Waals surface area contributed by atoms with Gasteiger partial charge in [0.1, 0.15) is 11.5 Å². The molecular formula is C16H19BrO4. The molecule has 0 unspecified atom stereocenters. The van der Waals surface area contributed by atoms with Crippen LogP contribution in [-0.2, 0) is 4.74 Å². The molecule has 0 aliphatic carbocycles. The molecular weight excluding hydrogens is 336 g/mol. The van der Waals surface area contributed by atoms with Crippen molar-refractivity contribution in [3.8, 4) is 23.8 Å². The van der Waals surface area contributed by atoms with Crippen LogP contribution in [-0.4, -0.2) is 31.6 Å². The number of hydrogen-bond acceptors (Lipinski definition) is 4. The highest BCUT2D eigenvalue weighted by molar-refractivity contribution is 9.09. The number of benzene rings is 1. The first-order valence-corrected chi connectivity index (χ1v) is 7.82. The van der Waals surface area contributed by atoms with E-state index >= 15 is 0 Å². The molecule has 0 saturated carbocycles. The highest BCUT2D eigenvalue weighted by Gasteiger charge is 2.10. The van der Waals surface area contributed by atoms with Gasteiger partial charge in [0.2, 0.25) is 0 Å². The number of halogens is 1. The monoisotopic (exact) mass is 354 g/mol. The van der Waals surface area contributed by atoms with Crippen LogP contribution in [0.4, 0.5) is 0 Å². The van der Waals surface area contributed by atoms with E-state index in [2.05, 4.69) is 21.9 Å². The number of unbranched alkanes of at least 4 members (excludes halogenated alkanes) is 1. The molecule has 5 heteroatoms. The van der Waals surface area contributed by atoms with Gasteiger partial charge in [-0.2, -0.15) is 0 Å². The van der Waals surface area contributed by atoms with Crippen LogP contribution in [0.25, 0.3) is 0 Å². The minimum atomic E-state index is -0.422. The highest BCUT2D eigenvalue weighted by atomic mass is 79.9. The summed E-state index contributed by atoms with van der Waals surface area (Å²) in [4.78, 5) is 11.7. The van der Waals surface area contributed by atoms with E-state index in [4.69, 9.17) is 20.6 Å². The molecule has 4 nitrogen and oxygen atoms in total. The molecule has 114 valence electrons. The molecule has 0 N–H and O–H groups in total. The molecule has 0 aliphatic rings. The summed E-state index contributed by atoms with van der Waals surface area (Å²) in [7, 11) is 1.34. The van der Waals surface area contributed by atoms with Crippen LogP contribution in [0, 0.1) is 12.3 Å². The second-order valence-corrected chi connectivity index (χ2v) is 5.02. The molecule has 0 saturated heterocycles. The Morgan fingerprint density at radius 1 is 1.19 bits per heavy atom. The van der Waals surface area contributed by atoms with Crippen molar-refractivity contribution in [1.82, 2.24) is 0 Å². The fourth-order valence-electron chi connectivity index (χ4n) is 1.58. The molecule has 0 bridgehead atoms. The van der Waals surface area contributed by atoms with E-state index in [9.17, 15) is 4.79 Å². The lowest BCUT2D eigenvalue weighted by molar-refractivity contribution is 0.0599. The smallest absolute Gasteiger partial charge is 0.338 e. The van der Waals surface area contributed by atoms with E-state index in [0.29, 0.717) is 36.7 Å². The second kappa shape index (κ2) is 10.1. The Morgan fingerprint density at radius 2 is 1.81 bits per heavy atom. The Labute approximate surface area is 133 Å². The average molecular weight is 355 g/mol. The van der Waals surface area contributed by atoms with Crippen LogP contribution in [0.5, 0.6) is 11.5 Å². The molecule has 0 atom stereocenters. The van der Waals surface area contributed by atoms with E-state index in [1.54, 1.807) is 18.2 Å². The average Bonchev–Trinajstić information content (AvgIpc) is 2.51. The SMILES string of the molecule is C#CCCCOc1cc(OCCCBr)cc(C(=O)OC)c1. The van der Waals surface area contributed by atoms with Crippen LogP contribution in [0.3, 0.4) is 0 Å². The lowest BCUT2D eigenvalue weighted by Crippen LogP contribution is -2.05. The molecule has 0 aromatic heterocycles. The topological polar surface area (TPSA) is 44.8 Å². The predicted octanol–water partition coefficient (Wildman–Crippen LogP) is 3.43. The van der Waals surface area contributed by atoms with Crippen LogP contribution >= 0.6 is 15.9 Å². The second-order valence-electron chi connectivity index (χ2n) is 4.23. The van der Waals surface area contributed by atoms with Gasteiger partial charge in [-0.15, -0.1) is 12.3 Å². The third-order valence-electron chi connectivity index (χ3n) is 2.58. The summed E-state index contributed by atoms with van der Waals surface area (Å²) < 4.78 is 15.9. The minimum Gasteiger partial charge on any atom is -0.493 e. The summed E-state index contributed by atoms with van der Waals surface area (Å²) >= 11 is 3.34. The van der Waals surface area contributed by atoms with Gasteiger partial charge in [-0.3, -0.25) is 0 Å². The standard InChI is InChI=1S/C16H19BrO4/c1-3-4-5-8-20-14-10-13(16(18)19-2)11-15(12-14)21-9-6-7-17/h1,10-12H,4-9H2,2H3. The third-order valence-corrected chi connectivity index (χ3v) is 3.14. The zero-order chi connectivity index (χ0) is 15.5. The molecule has 1 rings (SSSR count). The van der Waals surface area contributed by atoms with Gasteiger partial charge >= 0.3 is 5.97 Å². The van der Waals surface area contributed by atoms with Gasteiger partial charge in [0.25, 0.3) is 0 Å². The number of ether oxygens (including phenoxy) is 3. The van der Waals surface area contributed by atoms with Gasteiger partial charge in [-0.25, -0.2) is 4.79 Å². The first kappa shape index (κ1) is 17.4. The van der Waals surface area contributed by atoms with E-state index in [0.717, 1.165) is 18.2 Å². The molecule has 0 amide bonds. The lowest BCUT2D eigenvalue weighted by Gasteiger charge is -2.11. The van der Waals surface area contributed by atoms with Crippen LogP contribution in [0.2, 0.25) is 0 Å². The van der Waals surface area contributed by atoms with Crippen LogP contribution in [0.1, 0.15) is 29.6 Å². The summed E-state index contributed by atoms with van der Waals surface area (Å²) in [6.45, 7) is 1.06. The first-order valence-electron chi connectivity index (χ1n) is 6.69. The number of esters is 1. The Hall–Kier alpha value is -1.67. The fourth-order valence-corrected chi connectivity index (χ4v) is 1.81. The molecule has 0 aliphatic heterocycles. The molecule has 0 heterocycles. The Kier molecular flexibility index (Phi) is 8.37. The van der Waals surface area contributed by atoms with E-state index < -0.39 is 5.97 Å². The number of alkyl halides is 1. The Balaban J connectivity index is 2.77. The van der Waals surface area contributed by atoms with Crippen molar-refractivity contribution in [1.29, 1.82) is 0 Å². The van der Waals surface area contributed by atoms with Crippen molar-refractivity contribution in [2.24, 2.45) is 0 Å². The molecule has 0 spiro atoms. The molecule has 1 aromatic rings. The predicted molar refractivity (Wildman–Crippen MR) is 85.2 cm³/mol. The van der Waals surface area contributed by atoms with Gasteiger partial charge in [0.05, 0.1) is 25.9 Å². The summed E-state index contributed by atoms with van der Waals surface area (Å²) in [6.07, 6.45) is 7.49. The maximum absolute atomic E-state index is 11.7. The van der Waals surface area contributed by atoms with Crippen molar-refractivity contribution in [2.45, 2.75) is 19.3 Å². The van der Waals surface area contributed by atoms with Crippen molar-refractivity contribution < 1.29 is 19.0 Å². The van der Waals surface area contributed by atoms with Gasteiger partial charge in [-0.1, -0.05) is 15.9 Å². The van der Waals surface area contributed by atoms with Crippen LogP contribution in [0.15, 0.2) is 18.2 Å². The molecule has 0 fully saturated rings. The Morgan fingerprint density at radius 3 is 2.33 bits per heavy atom. The van der Waals surface area contributed by atoms with E-state index in [1.807, 2.05) is 0 Å². The largest absolute Gasteiger partial charge is 0.493 e. The zero-order valence-corrected chi connectivity index (χ0v) is 13.6. The van der Waals surface area contributed by atoms with Gasteiger partial charge in [0.15, 0.2) is 0 Å². The first-order chi connectivity index (χ1) is 10.2. The summed E-state index contributed by atoms with van der Waals surface area (Å²) in [5.41, 5.74) is 0.404. The maximum Gasteiger partial charge on any atom is 0.338 e. The maximum atomic E-state index is 11.7. The van der Waals surface area contributed by atoms with Crippen molar-refractivity contribution in [2.75, 3.05) is 25.7 Å². The van der Waals surface area contributed by atoms with E-state index in [-0.39, 0.29) is 0 Å². The number of methoxy groups -OCH3 is 1. The summed E-state index contributed by atoms with van der Waals surface area (Å²) in [6, 6.07) is 5.05. The molecule has 0 radical (unpaired) electrons. The number of rotatable bonds is 9. The highest BCUT2D eigenvalue weighted by Crippen LogP contribution is 2.24. The number of carbonyl (C=O) groups is 1. The van der Waals surface area contributed by atoms with E-state index in [1.165, 1.54) is 7.11 Å². The Bertz CT molecular complexity index is 494. The van der Waals surface area contributed by atoms with Gasteiger partial charge < -0.3 is 14.2 Å². The lowest BCUT2D eigenvalue weighted by atomic mass is 10.2. The van der Waals surface area contributed by atoms with Crippen molar-refractivity contribution in [3.05, 3.63) is 23.8 Å². The number of terminal acetylenes is 1. The van der Waals surface area contributed by atoms with Gasteiger partial charge in [-0.05, 0) is 25.0 Å². The van der Waals surface area contributed by atoms with Crippen LogP contribution < -0.4 is 9.47 Å². The third kappa shape index (κ3) is 6.54. The molecule has 21 heavy (non-hydrogen) atoms.